The lowest BCUT2D eigenvalue weighted by Crippen LogP contribution is -2.39. The van der Waals surface area contributed by atoms with Crippen LogP contribution >= 0.6 is 0 Å². The number of hydrogen-bond donors (Lipinski definition) is 2. The van der Waals surface area contributed by atoms with Gasteiger partial charge in [-0.25, -0.2) is 0 Å². The van der Waals surface area contributed by atoms with E-state index in [0.29, 0.717) is 0 Å². The molecular weight excluding hydrogens is 252 g/mol. The van der Waals surface area contributed by atoms with Crippen LogP contribution in [0.2, 0.25) is 0 Å². The minimum absolute atomic E-state index is 0.0600. The lowest BCUT2D eigenvalue weighted by atomic mass is 10.1. The maximum absolute atomic E-state index is 11.8. The van der Waals surface area contributed by atoms with Crippen LogP contribution in [-0.4, -0.2) is 31.6 Å². The fourth-order valence-corrected chi connectivity index (χ4v) is 2.51. The van der Waals surface area contributed by atoms with Gasteiger partial charge in [0.05, 0.1) is 0 Å². The molecule has 1 aliphatic rings. The van der Waals surface area contributed by atoms with Gasteiger partial charge in [-0.1, -0.05) is 36.4 Å². The zero-order chi connectivity index (χ0) is 13.8. The third-order valence-corrected chi connectivity index (χ3v) is 3.53. The highest BCUT2D eigenvalue weighted by atomic mass is 16.5. The second-order valence-corrected chi connectivity index (χ2v) is 5.02. The predicted octanol–water partition coefficient (Wildman–Crippen LogP) is 1.70. The smallest absolute Gasteiger partial charge is 0.258 e. The van der Waals surface area contributed by atoms with Gasteiger partial charge in [0.2, 0.25) is 0 Å². The molecule has 0 aliphatic carbocycles. The lowest BCUT2D eigenvalue weighted by Gasteiger charge is -2.13. The van der Waals surface area contributed by atoms with E-state index in [2.05, 4.69) is 10.6 Å². The SMILES string of the molecule is O=C(COc1cccc2ccccc12)NC1CCNC1. The summed E-state index contributed by atoms with van der Waals surface area (Å²) in [7, 11) is 0. The van der Waals surface area contributed by atoms with Crippen LogP contribution in [0.1, 0.15) is 6.42 Å². The highest BCUT2D eigenvalue weighted by Gasteiger charge is 2.16. The summed E-state index contributed by atoms with van der Waals surface area (Å²) in [6, 6.07) is 14.1. The van der Waals surface area contributed by atoms with Crippen LogP contribution in [0.15, 0.2) is 42.5 Å². The average Bonchev–Trinajstić information content (AvgIpc) is 2.98. The first-order valence-corrected chi connectivity index (χ1v) is 6.93. The number of hydrogen-bond acceptors (Lipinski definition) is 3. The fourth-order valence-electron chi connectivity index (χ4n) is 2.51. The van der Waals surface area contributed by atoms with Crippen LogP contribution in [0.3, 0.4) is 0 Å². The number of carbonyl (C=O) groups excluding carboxylic acids is 1. The maximum Gasteiger partial charge on any atom is 0.258 e. The molecule has 0 aromatic heterocycles. The molecule has 0 saturated carbocycles. The normalized spacial score (nSPS) is 18.1. The van der Waals surface area contributed by atoms with E-state index in [9.17, 15) is 4.79 Å². The number of ether oxygens (including phenoxy) is 1. The standard InChI is InChI=1S/C16H18N2O2/c19-16(18-13-8-9-17-10-13)11-20-15-7-3-5-12-4-1-2-6-14(12)15/h1-7,13,17H,8-11H2,(H,18,19). The van der Waals surface area contributed by atoms with Gasteiger partial charge < -0.3 is 15.4 Å². The van der Waals surface area contributed by atoms with Crippen molar-refractivity contribution in [3.8, 4) is 5.75 Å². The summed E-state index contributed by atoms with van der Waals surface area (Å²) in [6.45, 7) is 1.87. The zero-order valence-corrected chi connectivity index (χ0v) is 11.3. The molecule has 4 heteroatoms. The minimum atomic E-state index is -0.0633. The first-order valence-electron chi connectivity index (χ1n) is 6.93. The molecule has 1 fully saturated rings. The molecule has 1 atom stereocenters. The number of benzene rings is 2. The molecule has 20 heavy (non-hydrogen) atoms. The van der Waals surface area contributed by atoms with E-state index in [0.717, 1.165) is 36.0 Å². The topological polar surface area (TPSA) is 50.4 Å². The van der Waals surface area contributed by atoms with Gasteiger partial charge in [0, 0.05) is 18.0 Å². The summed E-state index contributed by atoms with van der Waals surface area (Å²) in [4.78, 5) is 11.8. The predicted molar refractivity (Wildman–Crippen MR) is 78.9 cm³/mol. The van der Waals surface area contributed by atoms with Gasteiger partial charge in [0.15, 0.2) is 6.61 Å². The van der Waals surface area contributed by atoms with Crippen molar-refractivity contribution in [3.05, 3.63) is 42.5 Å². The van der Waals surface area contributed by atoms with E-state index < -0.39 is 0 Å². The molecule has 1 unspecified atom stereocenters. The van der Waals surface area contributed by atoms with Crippen LogP contribution in [-0.2, 0) is 4.79 Å². The molecule has 2 aromatic carbocycles. The van der Waals surface area contributed by atoms with Crippen molar-refractivity contribution in [1.29, 1.82) is 0 Å². The number of rotatable bonds is 4. The average molecular weight is 270 g/mol. The van der Waals surface area contributed by atoms with Crippen molar-refractivity contribution in [1.82, 2.24) is 10.6 Å². The monoisotopic (exact) mass is 270 g/mol. The summed E-state index contributed by atoms with van der Waals surface area (Å²) >= 11 is 0. The van der Waals surface area contributed by atoms with Crippen molar-refractivity contribution >= 4 is 16.7 Å². The Bertz CT molecular complexity index is 601. The molecule has 4 nitrogen and oxygen atoms in total. The quantitative estimate of drug-likeness (QED) is 0.889. The van der Waals surface area contributed by atoms with E-state index in [4.69, 9.17) is 4.74 Å². The highest BCUT2D eigenvalue weighted by molar-refractivity contribution is 5.88. The van der Waals surface area contributed by atoms with Crippen molar-refractivity contribution < 1.29 is 9.53 Å². The Morgan fingerprint density at radius 3 is 2.95 bits per heavy atom. The van der Waals surface area contributed by atoms with Gasteiger partial charge in [-0.3, -0.25) is 4.79 Å². The van der Waals surface area contributed by atoms with Gasteiger partial charge in [-0.15, -0.1) is 0 Å². The van der Waals surface area contributed by atoms with Gasteiger partial charge in [-0.05, 0) is 24.4 Å². The number of carbonyl (C=O) groups is 1. The largest absolute Gasteiger partial charge is 0.483 e. The summed E-state index contributed by atoms with van der Waals surface area (Å²) in [5, 5.41) is 8.34. The molecule has 0 radical (unpaired) electrons. The van der Waals surface area contributed by atoms with Crippen molar-refractivity contribution in [2.45, 2.75) is 12.5 Å². The molecule has 1 amide bonds. The third-order valence-electron chi connectivity index (χ3n) is 3.53. The van der Waals surface area contributed by atoms with Crippen LogP contribution in [0.5, 0.6) is 5.75 Å². The van der Waals surface area contributed by atoms with E-state index in [1.807, 2.05) is 42.5 Å². The summed E-state index contributed by atoms with van der Waals surface area (Å²) in [6.07, 6.45) is 0.986. The lowest BCUT2D eigenvalue weighted by molar-refractivity contribution is -0.123. The molecule has 0 spiro atoms. The van der Waals surface area contributed by atoms with Crippen molar-refractivity contribution in [2.24, 2.45) is 0 Å². The number of nitrogens with one attached hydrogen (secondary N) is 2. The molecule has 2 N–H and O–H groups in total. The maximum atomic E-state index is 11.8. The zero-order valence-electron chi connectivity index (χ0n) is 11.3. The minimum Gasteiger partial charge on any atom is -0.483 e. The molecule has 1 heterocycles. The van der Waals surface area contributed by atoms with Crippen LogP contribution < -0.4 is 15.4 Å². The Morgan fingerprint density at radius 2 is 2.10 bits per heavy atom. The number of fused-ring (bicyclic) bond motifs is 1. The van der Waals surface area contributed by atoms with Crippen LogP contribution in [0.4, 0.5) is 0 Å². The second kappa shape index (κ2) is 5.92. The molecule has 0 bridgehead atoms. The first-order chi connectivity index (χ1) is 9.83. The van der Waals surface area contributed by atoms with Gasteiger partial charge in [0.1, 0.15) is 5.75 Å². The fraction of sp³-hybridized carbons (Fsp3) is 0.312. The van der Waals surface area contributed by atoms with Crippen molar-refractivity contribution in [2.75, 3.05) is 19.7 Å². The summed E-state index contributed by atoms with van der Waals surface area (Å²) in [5.74, 6) is 0.689. The van der Waals surface area contributed by atoms with Crippen molar-refractivity contribution in [3.63, 3.8) is 0 Å². The third kappa shape index (κ3) is 2.91. The van der Waals surface area contributed by atoms with Gasteiger partial charge >= 0.3 is 0 Å². The molecule has 3 rings (SSSR count). The second-order valence-electron chi connectivity index (χ2n) is 5.02. The van der Waals surface area contributed by atoms with E-state index in [1.54, 1.807) is 0 Å². The summed E-state index contributed by atoms with van der Waals surface area (Å²) < 4.78 is 5.66. The molecule has 2 aromatic rings. The van der Waals surface area contributed by atoms with E-state index in [-0.39, 0.29) is 18.6 Å². The molecular formula is C16H18N2O2. The Kier molecular flexibility index (Phi) is 3.83. The van der Waals surface area contributed by atoms with E-state index >= 15 is 0 Å². The Morgan fingerprint density at radius 1 is 1.25 bits per heavy atom. The molecule has 1 aliphatic heterocycles. The van der Waals surface area contributed by atoms with E-state index in [1.165, 1.54) is 0 Å². The summed E-state index contributed by atoms with van der Waals surface area (Å²) in [5.41, 5.74) is 0. The van der Waals surface area contributed by atoms with Gasteiger partial charge in [0.25, 0.3) is 5.91 Å². The van der Waals surface area contributed by atoms with Crippen LogP contribution in [0.25, 0.3) is 10.8 Å². The Hall–Kier alpha value is -2.07. The molecule has 104 valence electrons. The Balaban J connectivity index is 1.63. The molecule has 1 saturated heterocycles. The van der Waals surface area contributed by atoms with Gasteiger partial charge in [-0.2, -0.15) is 0 Å². The first kappa shape index (κ1) is 12.9. The Labute approximate surface area is 118 Å². The number of amides is 1. The highest BCUT2D eigenvalue weighted by Crippen LogP contribution is 2.24. The van der Waals surface area contributed by atoms with Crippen LogP contribution in [0, 0.1) is 0 Å².